The molecule has 0 aliphatic heterocycles. The molecule has 1 N–H and O–H groups in total. The van der Waals surface area contributed by atoms with Crippen molar-refractivity contribution >= 4 is 28.7 Å². The van der Waals surface area contributed by atoms with Crippen LogP contribution in [0.5, 0.6) is 0 Å². The molecule has 0 unspecified atom stereocenters. The average Bonchev–Trinajstić information content (AvgIpc) is 3.63. The van der Waals surface area contributed by atoms with Crippen molar-refractivity contribution < 1.29 is 4.42 Å². The molecule has 0 radical (unpaired) electrons. The summed E-state index contributed by atoms with van der Waals surface area (Å²) in [6, 6.07) is 47.3. The smallest absolute Gasteiger partial charge is 0.135 e. The molecule has 0 amide bonds. The highest BCUT2D eigenvalue weighted by molar-refractivity contribution is 6.19. The first kappa shape index (κ1) is 41.6. The van der Waals surface area contributed by atoms with Crippen molar-refractivity contribution in [3.05, 3.63) is 208 Å². The molecule has 9 rings (SSSR count). The zero-order valence-electron chi connectivity index (χ0n) is 36.4. The third kappa shape index (κ3) is 8.47. The second-order valence-corrected chi connectivity index (χ2v) is 15.7. The Morgan fingerprint density at radius 3 is 2.17 bits per heavy atom. The van der Waals surface area contributed by atoms with Crippen LogP contribution < -0.4 is 5.32 Å². The second-order valence-electron chi connectivity index (χ2n) is 15.7. The van der Waals surface area contributed by atoms with Crippen molar-refractivity contribution in [3.8, 4) is 22.3 Å². The number of benzene rings is 6. The van der Waals surface area contributed by atoms with Gasteiger partial charge in [0.25, 0.3) is 0 Å². The fourth-order valence-corrected chi connectivity index (χ4v) is 8.41. The summed E-state index contributed by atoms with van der Waals surface area (Å²) in [7, 11) is 1.81. The van der Waals surface area contributed by atoms with Crippen molar-refractivity contribution in [2.24, 2.45) is 9.98 Å². The van der Waals surface area contributed by atoms with Crippen molar-refractivity contribution in [3.63, 3.8) is 0 Å². The molecule has 1 aromatic heterocycles. The molecular formula is C56H57N3O. The minimum Gasteiger partial charge on any atom is -0.460 e. The standard InChI is InChI=1S/C30H27N3O.C24H24.C2H6/c1-21-16-18-22(19-17-21)20-32-29(23-10-5-3-6-11-23)33-30(31-2)25-13-9-15-27-28(25)24-12-7-4-8-14-26(24)34-27;1-5-17-10-6-7-11-18(17)20-15-21-19-12-8-9-13-22(19)24(3,4)23(21)14-16(20)2;1-2/h3-13,15-19H,14,20H2,1-2H3,(H,31,32,33);6-15H,5H2,1-4H3;1-2H3. The first-order valence-electron chi connectivity index (χ1n) is 21.4. The predicted molar refractivity (Wildman–Crippen MR) is 256 cm³/mol. The van der Waals surface area contributed by atoms with Gasteiger partial charge in [-0.2, -0.15) is 0 Å². The van der Waals surface area contributed by atoms with Crippen LogP contribution in [0.4, 0.5) is 0 Å². The quantitative estimate of drug-likeness (QED) is 0.135. The van der Waals surface area contributed by atoms with E-state index in [-0.39, 0.29) is 5.41 Å². The normalized spacial score (nSPS) is 13.6. The number of nitrogens with one attached hydrogen (secondary N) is 1. The number of amidine groups is 2. The Hall–Kier alpha value is -6.52. The highest BCUT2D eigenvalue weighted by Gasteiger charge is 2.35. The minimum atomic E-state index is 0.0828. The van der Waals surface area contributed by atoms with E-state index in [0.717, 1.165) is 63.5 Å². The van der Waals surface area contributed by atoms with Gasteiger partial charge >= 0.3 is 0 Å². The van der Waals surface area contributed by atoms with Crippen LogP contribution in [0.3, 0.4) is 0 Å². The largest absolute Gasteiger partial charge is 0.460 e. The van der Waals surface area contributed by atoms with Crippen LogP contribution in [0, 0.1) is 13.8 Å². The predicted octanol–water partition coefficient (Wildman–Crippen LogP) is 14.0. The number of aliphatic imine (C=N–C) groups is 2. The second kappa shape index (κ2) is 18.6. The lowest BCUT2D eigenvalue weighted by atomic mass is 9.81. The topological polar surface area (TPSA) is 49.9 Å². The lowest BCUT2D eigenvalue weighted by Gasteiger charge is -2.22. The van der Waals surface area contributed by atoms with Crippen LogP contribution in [0.25, 0.3) is 39.3 Å². The summed E-state index contributed by atoms with van der Waals surface area (Å²) in [6.07, 6.45) is 10.2. The van der Waals surface area contributed by atoms with Gasteiger partial charge in [-0.25, -0.2) is 0 Å². The van der Waals surface area contributed by atoms with E-state index in [9.17, 15) is 0 Å². The van der Waals surface area contributed by atoms with Crippen LogP contribution in [0.2, 0.25) is 0 Å². The van der Waals surface area contributed by atoms with E-state index in [1.54, 1.807) is 7.05 Å². The molecular weight excluding hydrogens is 731 g/mol. The maximum atomic E-state index is 6.19. The highest BCUT2D eigenvalue weighted by Crippen LogP contribution is 2.50. The summed E-state index contributed by atoms with van der Waals surface area (Å²) >= 11 is 0. The number of hydrogen-bond acceptors (Lipinski definition) is 3. The van der Waals surface area contributed by atoms with E-state index in [4.69, 9.17) is 9.41 Å². The van der Waals surface area contributed by atoms with Crippen molar-refractivity contribution in [1.29, 1.82) is 0 Å². The van der Waals surface area contributed by atoms with Gasteiger partial charge in [0, 0.05) is 41.0 Å². The fourth-order valence-electron chi connectivity index (χ4n) is 8.41. The molecule has 0 fully saturated rings. The molecule has 60 heavy (non-hydrogen) atoms. The maximum Gasteiger partial charge on any atom is 0.135 e. The average molecular weight is 788 g/mol. The van der Waals surface area contributed by atoms with Gasteiger partial charge in [-0.15, -0.1) is 0 Å². The summed E-state index contributed by atoms with van der Waals surface area (Å²) < 4.78 is 6.19. The minimum absolute atomic E-state index is 0.0828. The SMILES string of the molecule is CC.CCc1ccccc1-c1cc2c(cc1C)C(C)(C)c1ccccc1-2.CN=C(NC(=NCc1ccc(C)cc1)c1ccccc1)c1cccc2oc3c(c12)C=CC=CC3. The molecule has 0 saturated heterocycles. The number of nitrogens with zero attached hydrogens (tertiary/aromatic N) is 2. The number of furan rings is 1. The van der Waals surface area contributed by atoms with E-state index in [1.165, 1.54) is 50.1 Å². The summed E-state index contributed by atoms with van der Waals surface area (Å²) in [6.45, 7) is 15.8. The number of rotatable bonds is 6. The number of aryl methyl sites for hydroxylation is 3. The van der Waals surface area contributed by atoms with E-state index in [1.807, 2.05) is 44.2 Å². The van der Waals surface area contributed by atoms with Crippen molar-refractivity contribution in [2.45, 2.75) is 73.3 Å². The summed E-state index contributed by atoms with van der Waals surface area (Å²) in [4.78, 5) is 9.59. The Morgan fingerprint density at radius 1 is 0.700 bits per heavy atom. The first-order valence-corrected chi connectivity index (χ1v) is 21.4. The Labute approximate surface area is 357 Å². The van der Waals surface area contributed by atoms with E-state index >= 15 is 0 Å². The Morgan fingerprint density at radius 2 is 1.42 bits per heavy atom. The van der Waals surface area contributed by atoms with Gasteiger partial charge in [-0.05, 0) is 82.5 Å². The third-order valence-corrected chi connectivity index (χ3v) is 11.6. The van der Waals surface area contributed by atoms with Gasteiger partial charge < -0.3 is 9.73 Å². The van der Waals surface area contributed by atoms with Crippen LogP contribution in [0.1, 0.15) is 90.4 Å². The lowest BCUT2D eigenvalue weighted by molar-refractivity contribution is 0.564. The van der Waals surface area contributed by atoms with Crippen LogP contribution >= 0.6 is 0 Å². The van der Waals surface area contributed by atoms with Gasteiger partial charge in [0.15, 0.2) is 0 Å². The molecule has 0 spiro atoms. The summed E-state index contributed by atoms with van der Waals surface area (Å²) in [5, 5.41) is 4.61. The van der Waals surface area contributed by atoms with Gasteiger partial charge in [-0.1, -0.05) is 186 Å². The molecule has 0 bridgehead atoms. The van der Waals surface area contributed by atoms with Crippen molar-refractivity contribution in [2.75, 3.05) is 7.05 Å². The zero-order chi connectivity index (χ0) is 42.2. The van der Waals surface area contributed by atoms with Crippen LogP contribution in [-0.4, -0.2) is 18.7 Å². The van der Waals surface area contributed by atoms with Crippen LogP contribution in [-0.2, 0) is 24.8 Å². The maximum absolute atomic E-state index is 6.19. The molecule has 0 saturated carbocycles. The van der Waals surface area contributed by atoms with Gasteiger partial charge in [-0.3, -0.25) is 9.98 Å². The third-order valence-electron chi connectivity index (χ3n) is 11.6. The monoisotopic (exact) mass is 787 g/mol. The molecule has 0 atom stereocenters. The molecule has 1 heterocycles. The van der Waals surface area contributed by atoms with E-state index in [0.29, 0.717) is 6.54 Å². The van der Waals surface area contributed by atoms with E-state index < -0.39 is 0 Å². The Bertz CT molecular complexity index is 2720. The molecule has 302 valence electrons. The molecule has 2 aliphatic carbocycles. The Kier molecular flexibility index (Phi) is 12.9. The molecule has 4 heteroatoms. The fraction of sp³-hybridized carbons (Fsp3) is 0.214. The van der Waals surface area contributed by atoms with Gasteiger partial charge in [0.2, 0.25) is 0 Å². The summed E-state index contributed by atoms with van der Waals surface area (Å²) in [5.74, 6) is 2.51. The molecule has 6 aromatic carbocycles. The van der Waals surface area contributed by atoms with Gasteiger partial charge in [0.05, 0.1) is 6.54 Å². The van der Waals surface area contributed by atoms with Gasteiger partial charge in [0.1, 0.15) is 23.0 Å². The van der Waals surface area contributed by atoms with Crippen molar-refractivity contribution in [1.82, 2.24) is 5.32 Å². The highest BCUT2D eigenvalue weighted by atomic mass is 16.3. The lowest BCUT2D eigenvalue weighted by Crippen LogP contribution is -2.32. The zero-order valence-corrected chi connectivity index (χ0v) is 36.4. The van der Waals surface area contributed by atoms with E-state index in [2.05, 4.69) is 172 Å². The molecule has 4 nitrogen and oxygen atoms in total. The summed E-state index contributed by atoms with van der Waals surface area (Å²) in [5.41, 5.74) is 17.7. The molecule has 7 aromatic rings. The van der Waals surface area contributed by atoms with Crippen LogP contribution in [0.15, 0.2) is 166 Å². The number of hydrogen-bond donors (Lipinski definition) is 1. The number of allylic oxidation sites excluding steroid dienone is 3. The Balaban J connectivity index is 0.000000184. The molecule has 2 aliphatic rings. The number of fused-ring (bicyclic) bond motifs is 6. The first-order chi connectivity index (χ1) is 29.3.